The van der Waals surface area contributed by atoms with E-state index in [4.69, 9.17) is 9.47 Å². The minimum absolute atomic E-state index is 0.00411. The molecule has 7 nitrogen and oxygen atoms in total. The van der Waals surface area contributed by atoms with Gasteiger partial charge in [-0.1, -0.05) is 12.1 Å². The Morgan fingerprint density at radius 1 is 0.962 bits per heavy atom. The Kier molecular flexibility index (Phi) is 4.62. The second-order valence-corrected chi connectivity index (χ2v) is 5.48. The highest BCUT2D eigenvalue weighted by atomic mass is 16.5. The van der Waals surface area contributed by atoms with Gasteiger partial charge in [0.25, 0.3) is 0 Å². The fourth-order valence-electron chi connectivity index (χ4n) is 2.83. The number of aromatic hydroxyl groups is 1. The van der Waals surface area contributed by atoms with Crippen LogP contribution in [0.1, 0.15) is 34.6 Å². The minimum Gasteiger partial charge on any atom is -0.494 e. The van der Waals surface area contributed by atoms with Gasteiger partial charge >= 0.3 is 11.9 Å². The summed E-state index contributed by atoms with van der Waals surface area (Å²) in [6, 6.07) is 9.03. The van der Waals surface area contributed by atoms with Gasteiger partial charge in [0.05, 0.1) is 29.8 Å². The third-order valence-corrected chi connectivity index (χ3v) is 3.93. The minimum atomic E-state index is -0.778. The van der Waals surface area contributed by atoms with Crippen LogP contribution < -0.4 is 5.43 Å². The van der Waals surface area contributed by atoms with E-state index in [0.717, 1.165) is 0 Å². The van der Waals surface area contributed by atoms with E-state index in [1.54, 1.807) is 38.1 Å². The van der Waals surface area contributed by atoms with E-state index in [0.29, 0.717) is 10.9 Å². The van der Waals surface area contributed by atoms with Crippen LogP contribution in [0.25, 0.3) is 16.4 Å². The van der Waals surface area contributed by atoms with Crippen LogP contribution in [0, 0.1) is 0 Å². The van der Waals surface area contributed by atoms with Crippen LogP contribution in [0.15, 0.2) is 41.2 Å². The molecule has 0 bridgehead atoms. The van der Waals surface area contributed by atoms with Crippen molar-refractivity contribution in [2.24, 2.45) is 0 Å². The molecule has 0 saturated carbocycles. The van der Waals surface area contributed by atoms with Crippen molar-refractivity contribution in [3.05, 3.63) is 57.7 Å². The molecule has 0 saturated heterocycles. The van der Waals surface area contributed by atoms with Gasteiger partial charge in [0.15, 0.2) is 5.43 Å². The molecule has 1 aromatic carbocycles. The number of para-hydroxylation sites is 1. The fourth-order valence-corrected chi connectivity index (χ4v) is 2.83. The van der Waals surface area contributed by atoms with Crippen LogP contribution in [-0.2, 0) is 9.47 Å². The van der Waals surface area contributed by atoms with Crippen molar-refractivity contribution < 1.29 is 24.2 Å². The highest BCUT2D eigenvalue weighted by molar-refractivity contribution is 6.03. The third-order valence-electron chi connectivity index (χ3n) is 3.93. The Balaban J connectivity index is 2.49. The molecule has 0 fully saturated rings. The molecule has 2 aromatic heterocycles. The lowest BCUT2D eigenvalue weighted by molar-refractivity contribution is 0.0521. The number of esters is 2. The summed E-state index contributed by atoms with van der Waals surface area (Å²) in [7, 11) is 0. The normalized spacial score (nSPS) is 10.8. The van der Waals surface area contributed by atoms with E-state index >= 15 is 0 Å². The van der Waals surface area contributed by atoms with Gasteiger partial charge in [-0.2, -0.15) is 0 Å². The number of nitrogens with zero attached hydrogens (tertiary/aromatic N) is 1. The molecule has 1 N–H and O–H groups in total. The maximum absolute atomic E-state index is 12.4. The van der Waals surface area contributed by atoms with E-state index in [1.165, 1.54) is 16.5 Å². The Morgan fingerprint density at radius 3 is 2.23 bits per heavy atom. The van der Waals surface area contributed by atoms with Gasteiger partial charge in [0.2, 0.25) is 5.88 Å². The molecule has 134 valence electrons. The highest BCUT2D eigenvalue weighted by Gasteiger charge is 2.23. The SMILES string of the molecule is CCOC(=O)c1cc(C(=O)OCC)c2cc(=O)c3ccccc3n2c1O. The lowest BCUT2D eigenvalue weighted by Gasteiger charge is -2.15. The van der Waals surface area contributed by atoms with Crippen molar-refractivity contribution in [2.75, 3.05) is 13.2 Å². The highest BCUT2D eigenvalue weighted by Crippen LogP contribution is 2.28. The van der Waals surface area contributed by atoms with Crippen LogP contribution >= 0.6 is 0 Å². The number of pyridine rings is 2. The smallest absolute Gasteiger partial charge is 0.343 e. The Labute approximate surface area is 148 Å². The molecular formula is C19H17NO6. The number of carbonyl (C=O) groups excluding carboxylic acids is 2. The van der Waals surface area contributed by atoms with E-state index in [-0.39, 0.29) is 35.3 Å². The molecule has 0 amide bonds. The van der Waals surface area contributed by atoms with Crippen molar-refractivity contribution in [1.29, 1.82) is 0 Å². The fraction of sp³-hybridized carbons (Fsp3) is 0.211. The Hall–Kier alpha value is -3.35. The van der Waals surface area contributed by atoms with Gasteiger partial charge in [0, 0.05) is 11.5 Å². The molecule has 26 heavy (non-hydrogen) atoms. The molecule has 0 unspecified atom stereocenters. The van der Waals surface area contributed by atoms with Gasteiger partial charge in [0.1, 0.15) is 5.56 Å². The van der Waals surface area contributed by atoms with Gasteiger partial charge in [-0.25, -0.2) is 9.59 Å². The van der Waals surface area contributed by atoms with Crippen molar-refractivity contribution in [2.45, 2.75) is 13.8 Å². The van der Waals surface area contributed by atoms with Gasteiger partial charge < -0.3 is 14.6 Å². The zero-order valence-electron chi connectivity index (χ0n) is 14.3. The van der Waals surface area contributed by atoms with Crippen molar-refractivity contribution >= 4 is 28.4 Å². The predicted molar refractivity (Wildman–Crippen MR) is 94.8 cm³/mol. The number of ether oxygens (including phenoxy) is 2. The van der Waals surface area contributed by atoms with Crippen molar-refractivity contribution in [3.8, 4) is 5.88 Å². The molecule has 2 heterocycles. The topological polar surface area (TPSA) is 94.3 Å². The lowest BCUT2D eigenvalue weighted by atomic mass is 10.1. The van der Waals surface area contributed by atoms with E-state index < -0.39 is 17.8 Å². The van der Waals surface area contributed by atoms with Gasteiger partial charge in [-0.15, -0.1) is 0 Å². The van der Waals surface area contributed by atoms with Gasteiger partial charge in [-0.05, 0) is 32.0 Å². The van der Waals surface area contributed by atoms with Crippen LogP contribution in [0.5, 0.6) is 5.88 Å². The zero-order chi connectivity index (χ0) is 18.8. The average molecular weight is 355 g/mol. The van der Waals surface area contributed by atoms with Gasteiger partial charge in [-0.3, -0.25) is 9.20 Å². The summed E-state index contributed by atoms with van der Waals surface area (Å²) < 4.78 is 11.3. The second kappa shape index (κ2) is 6.87. The first-order valence-corrected chi connectivity index (χ1v) is 8.14. The first kappa shape index (κ1) is 17.5. The molecule has 0 radical (unpaired) electrons. The summed E-state index contributed by atoms with van der Waals surface area (Å²) in [4.78, 5) is 37.0. The number of hydrogen-bond acceptors (Lipinski definition) is 6. The average Bonchev–Trinajstić information content (AvgIpc) is 2.62. The number of hydrogen-bond donors (Lipinski definition) is 1. The Morgan fingerprint density at radius 2 is 1.58 bits per heavy atom. The summed E-state index contributed by atoms with van der Waals surface area (Å²) in [5.74, 6) is -1.90. The molecule has 3 rings (SSSR count). The summed E-state index contributed by atoms with van der Waals surface area (Å²) >= 11 is 0. The van der Waals surface area contributed by atoms with E-state index in [2.05, 4.69) is 0 Å². The number of rotatable bonds is 4. The second-order valence-electron chi connectivity index (χ2n) is 5.48. The molecule has 3 aromatic rings. The van der Waals surface area contributed by atoms with Crippen LogP contribution in [0.4, 0.5) is 0 Å². The molecule has 0 atom stereocenters. The largest absolute Gasteiger partial charge is 0.494 e. The quantitative estimate of drug-likeness (QED) is 0.571. The third kappa shape index (κ3) is 2.77. The first-order valence-electron chi connectivity index (χ1n) is 8.14. The molecular weight excluding hydrogens is 338 g/mol. The summed E-state index contributed by atoms with van der Waals surface area (Å²) in [5, 5.41) is 11.0. The number of aromatic nitrogens is 1. The number of carbonyl (C=O) groups is 2. The van der Waals surface area contributed by atoms with E-state index in [9.17, 15) is 19.5 Å². The number of fused-ring (bicyclic) bond motifs is 3. The predicted octanol–water partition coefficient (Wildman–Crippen LogP) is 2.51. The Bertz CT molecular complexity index is 1080. The number of benzene rings is 1. The lowest BCUT2D eigenvalue weighted by Crippen LogP contribution is -2.15. The monoisotopic (exact) mass is 355 g/mol. The van der Waals surface area contributed by atoms with Crippen LogP contribution in [0.2, 0.25) is 0 Å². The maximum Gasteiger partial charge on any atom is 0.343 e. The van der Waals surface area contributed by atoms with E-state index in [1.807, 2.05) is 0 Å². The zero-order valence-corrected chi connectivity index (χ0v) is 14.3. The summed E-state index contributed by atoms with van der Waals surface area (Å²) in [5.41, 5.74) is 0.0167. The van der Waals surface area contributed by atoms with Crippen molar-refractivity contribution in [1.82, 2.24) is 4.40 Å². The van der Waals surface area contributed by atoms with Crippen LogP contribution in [0.3, 0.4) is 0 Å². The molecule has 0 spiro atoms. The van der Waals surface area contributed by atoms with Crippen LogP contribution in [-0.4, -0.2) is 34.7 Å². The standard InChI is InChI=1S/C19H17NO6/c1-3-25-18(23)12-9-13(19(24)26-4-2)17(22)20-14-8-6-5-7-11(14)16(21)10-15(12)20/h5-10,22H,3-4H2,1-2H3. The summed E-state index contributed by atoms with van der Waals surface area (Å²) in [6.45, 7) is 3.51. The molecule has 0 aliphatic heterocycles. The molecule has 0 aliphatic rings. The molecule has 7 heteroatoms. The molecule has 0 aliphatic carbocycles. The van der Waals surface area contributed by atoms with Crippen molar-refractivity contribution in [3.63, 3.8) is 0 Å². The summed E-state index contributed by atoms with van der Waals surface area (Å²) in [6.07, 6.45) is 0. The maximum atomic E-state index is 12.4. The first-order chi connectivity index (χ1) is 12.5.